The molecule has 0 amide bonds. The Balaban J connectivity index is 2.10. The lowest BCUT2D eigenvalue weighted by Crippen LogP contribution is -2.33. The predicted molar refractivity (Wildman–Crippen MR) is 63.4 cm³/mol. The monoisotopic (exact) mass is 226 g/mol. The van der Waals surface area contributed by atoms with E-state index in [1.165, 1.54) is 23.5 Å². The van der Waals surface area contributed by atoms with Crippen LogP contribution in [0.15, 0.2) is 12.4 Å². The van der Waals surface area contributed by atoms with E-state index < -0.39 is 0 Å². The molecular formula is C10H18N4S. The molecule has 1 aromatic heterocycles. The van der Waals surface area contributed by atoms with Gasteiger partial charge in [0.25, 0.3) is 0 Å². The van der Waals surface area contributed by atoms with E-state index in [-0.39, 0.29) is 6.04 Å². The van der Waals surface area contributed by atoms with Crippen molar-refractivity contribution in [2.24, 2.45) is 11.8 Å². The van der Waals surface area contributed by atoms with Crippen LogP contribution in [0, 0.1) is 5.92 Å². The van der Waals surface area contributed by atoms with Crippen LogP contribution in [-0.4, -0.2) is 21.3 Å². The van der Waals surface area contributed by atoms with Crippen LogP contribution in [0.5, 0.6) is 0 Å². The van der Waals surface area contributed by atoms with Gasteiger partial charge in [-0.15, -0.1) is 0 Å². The lowest BCUT2D eigenvalue weighted by Gasteiger charge is -2.20. The molecule has 0 radical (unpaired) electrons. The van der Waals surface area contributed by atoms with Crippen molar-refractivity contribution in [2.75, 3.05) is 11.5 Å². The van der Waals surface area contributed by atoms with Crippen molar-refractivity contribution >= 4 is 11.8 Å². The van der Waals surface area contributed by atoms with Gasteiger partial charge in [0.1, 0.15) is 0 Å². The maximum Gasteiger partial charge on any atom is 0.0538 e. The summed E-state index contributed by atoms with van der Waals surface area (Å²) in [4.78, 5) is 0. The Morgan fingerprint density at radius 2 is 2.67 bits per heavy atom. The number of nitrogens with one attached hydrogen (secondary N) is 1. The number of nitrogens with two attached hydrogens (primary N) is 1. The average molecular weight is 226 g/mol. The molecule has 4 nitrogen and oxygen atoms in total. The fourth-order valence-corrected chi connectivity index (χ4v) is 3.33. The van der Waals surface area contributed by atoms with Gasteiger partial charge in [0, 0.05) is 18.3 Å². The van der Waals surface area contributed by atoms with Gasteiger partial charge in [-0.1, -0.05) is 0 Å². The van der Waals surface area contributed by atoms with Gasteiger partial charge in [-0.2, -0.15) is 16.9 Å². The summed E-state index contributed by atoms with van der Waals surface area (Å²) in [7, 11) is 0. The van der Waals surface area contributed by atoms with Crippen molar-refractivity contribution in [3.05, 3.63) is 18.0 Å². The third-order valence-corrected chi connectivity index (χ3v) is 4.14. The summed E-state index contributed by atoms with van der Waals surface area (Å²) >= 11 is 2.01. The number of aryl methyl sites for hydroxylation is 1. The Morgan fingerprint density at radius 3 is 3.20 bits per heavy atom. The molecule has 1 saturated heterocycles. The second-order valence-electron chi connectivity index (χ2n) is 3.90. The smallest absolute Gasteiger partial charge is 0.0538 e. The fourth-order valence-electron chi connectivity index (χ4n) is 2.03. The zero-order valence-electron chi connectivity index (χ0n) is 9.02. The molecule has 0 saturated carbocycles. The minimum atomic E-state index is 0.264. The van der Waals surface area contributed by atoms with Crippen LogP contribution in [0.1, 0.15) is 24.9 Å². The van der Waals surface area contributed by atoms with Crippen LogP contribution in [-0.2, 0) is 6.54 Å². The fraction of sp³-hybridized carbons (Fsp3) is 0.700. The lowest BCUT2D eigenvalue weighted by molar-refractivity contribution is 0.400. The first kappa shape index (κ1) is 11.0. The number of rotatable bonds is 4. The Labute approximate surface area is 94.6 Å². The van der Waals surface area contributed by atoms with Crippen LogP contribution in [0.4, 0.5) is 0 Å². The summed E-state index contributed by atoms with van der Waals surface area (Å²) in [5, 5.41) is 4.29. The zero-order valence-corrected chi connectivity index (χ0v) is 9.83. The summed E-state index contributed by atoms with van der Waals surface area (Å²) in [6, 6.07) is 0.264. The van der Waals surface area contributed by atoms with Crippen molar-refractivity contribution in [1.29, 1.82) is 0 Å². The van der Waals surface area contributed by atoms with Crippen molar-refractivity contribution < 1.29 is 0 Å². The van der Waals surface area contributed by atoms with Gasteiger partial charge in [0.2, 0.25) is 0 Å². The van der Waals surface area contributed by atoms with Crippen LogP contribution < -0.4 is 11.3 Å². The summed E-state index contributed by atoms with van der Waals surface area (Å²) in [5.41, 5.74) is 4.15. The number of hydrogen-bond donors (Lipinski definition) is 2. The van der Waals surface area contributed by atoms with E-state index in [9.17, 15) is 0 Å². The SMILES string of the molecule is CCn1cc(C(NN)C2CCSC2)cn1. The summed E-state index contributed by atoms with van der Waals surface area (Å²) in [6.07, 6.45) is 5.27. The molecule has 0 spiro atoms. The molecule has 1 fully saturated rings. The lowest BCUT2D eigenvalue weighted by atomic mass is 9.95. The van der Waals surface area contributed by atoms with Crippen molar-refractivity contribution in [3.63, 3.8) is 0 Å². The minimum Gasteiger partial charge on any atom is -0.273 e. The Kier molecular flexibility index (Phi) is 3.66. The van der Waals surface area contributed by atoms with E-state index in [0.29, 0.717) is 5.92 Å². The third-order valence-electron chi connectivity index (χ3n) is 2.95. The highest BCUT2D eigenvalue weighted by molar-refractivity contribution is 7.99. The van der Waals surface area contributed by atoms with Gasteiger partial charge in [0.05, 0.1) is 12.2 Å². The highest BCUT2D eigenvalue weighted by Crippen LogP contribution is 2.33. The molecule has 1 aromatic rings. The highest BCUT2D eigenvalue weighted by Gasteiger charge is 2.26. The van der Waals surface area contributed by atoms with Gasteiger partial charge < -0.3 is 0 Å². The van der Waals surface area contributed by atoms with E-state index >= 15 is 0 Å². The molecule has 2 heterocycles. The third kappa shape index (κ3) is 2.35. The Morgan fingerprint density at radius 1 is 1.80 bits per heavy atom. The number of hydrogen-bond acceptors (Lipinski definition) is 4. The van der Waals surface area contributed by atoms with E-state index in [0.717, 1.165) is 6.54 Å². The average Bonchev–Trinajstić information content (AvgIpc) is 2.89. The normalized spacial score (nSPS) is 23.2. The zero-order chi connectivity index (χ0) is 10.7. The molecular weight excluding hydrogens is 208 g/mol. The maximum atomic E-state index is 5.64. The molecule has 2 rings (SSSR count). The van der Waals surface area contributed by atoms with Gasteiger partial charge in [-0.05, 0) is 30.8 Å². The second kappa shape index (κ2) is 5.01. The molecule has 1 aliphatic heterocycles. The number of nitrogens with zero attached hydrogens (tertiary/aromatic N) is 2. The molecule has 84 valence electrons. The summed E-state index contributed by atoms with van der Waals surface area (Å²) in [5.74, 6) is 8.74. The van der Waals surface area contributed by atoms with Crippen LogP contribution in [0.2, 0.25) is 0 Å². The first-order valence-electron chi connectivity index (χ1n) is 5.41. The predicted octanol–water partition coefficient (Wildman–Crippen LogP) is 1.16. The molecule has 0 aliphatic carbocycles. The molecule has 2 unspecified atom stereocenters. The molecule has 0 bridgehead atoms. The van der Waals surface area contributed by atoms with Crippen molar-refractivity contribution in [1.82, 2.24) is 15.2 Å². The maximum absolute atomic E-state index is 5.64. The first-order valence-corrected chi connectivity index (χ1v) is 6.56. The number of thioether (sulfide) groups is 1. The van der Waals surface area contributed by atoms with Crippen LogP contribution in [0.3, 0.4) is 0 Å². The quantitative estimate of drug-likeness (QED) is 0.597. The number of hydrazine groups is 1. The molecule has 3 N–H and O–H groups in total. The Bertz CT molecular complexity index is 306. The molecule has 2 atom stereocenters. The second-order valence-corrected chi connectivity index (χ2v) is 5.05. The Hall–Kier alpha value is -0.520. The van der Waals surface area contributed by atoms with E-state index in [1.807, 2.05) is 22.6 Å². The first-order chi connectivity index (χ1) is 7.35. The molecule has 15 heavy (non-hydrogen) atoms. The highest BCUT2D eigenvalue weighted by atomic mass is 32.2. The van der Waals surface area contributed by atoms with Crippen LogP contribution >= 0.6 is 11.8 Å². The van der Waals surface area contributed by atoms with E-state index in [2.05, 4.69) is 23.6 Å². The minimum absolute atomic E-state index is 0.264. The van der Waals surface area contributed by atoms with E-state index in [4.69, 9.17) is 5.84 Å². The van der Waals surface area contributed by atoms with Gasteiger partial charge >= 0.3 is 0 Å². The summed E-state index contributed by atoms with van der Waals surface area (Å²) < 4.78 is 1.95. The van der Waals surface area contributed by atoms with Gasteiger partial charge in [-0.25, -0.2) is 0 Å². The molecule has 1 aliphatic rings. The van der Waals surface area contributed by atoms with Gasteiger partial charge in [0.15, 0.2) is 0 Å². The summed E-state index contributed by atoms with van der Waals surface area (Å²) in [6.45, 7) is 3.00. The largest absolute Gasteiger partial charge is 0.273 e. The van der Waals surface area contributed by atoms with E-state index in [1.54, 1.807) is 0 Å². The van der Waals surface area contributed by atoms with Crippen molar-refractivity contribution in [2.45, 2.75) is 25.9 Å². The molecule has 5 heteroatoms. The van der Waals surface area contributed by atoms with Crippen LogP contribution in [0.25, 0.3) is 0 Å². The topological polar surface area (TPSA) is 55.9 Å². The standard InChI is InChI=1S/C10H18N4S/c1-2-14-6-9(5-12-14)10(13-11)8-3-4-15-7-8/h5-6,8,10,13H,2-4,7,11H2,1H3. The van der Waals surface area contributed by atoms with Gasteiger partial charge in [-0.3, -0.25) is 16.0 Å². The molecule has 0 aromatic carbocycles. The number of aromatic nitrogens is 2. The van der Waals surface area contributed by atoms with Crippen molar-refractivity contribution in [3.8, 4) is 0 Å².